The minimum absolute atomic E-state index is 0.0217. The Hall–Kier alpha value is -3.59. The second-order valence-electron chi connectivity index (χ2n) is 15.7. The Morgan fingerprint density at radius 2 is 0.950 bits per heavy atom. The van der Waals surface area contributed by atoms with E-state index < -0.39 is 63.2 Å². The number of nitrogens with one attached hydrogen (secondary N) is 2. The Kier molecular flexibility index (Phi) is 13.8. The molecule has 0 aromatic heterocycles. The van der Waals surface area contributed by atoms with Crippen molar-refractivity contribution >= 4 is 45.5 Å². The number of carbonyl (C=O) groups excluding carboxylic acids is 2. The fraction of sp³-hybridized carbons (Fsp3) is 0.348. The van der Waals surface area contributed by atoms with Crippen LogP contribution in [0.1, 0.15) is 120 Å². The average Bonchev–Trinajstić information content (AvgIpc) is 3.81. The van der Waals surface area contributed by atoms with Crippen LogP contribution in [0, 0.1) is 0 Å². The molecular formula is C46H48BCl2F6N2O2Zr. The SMILES string of the molecule is CCCCC1=Cc2c(-c3ccccc3C(F)(F)F)cccc2[CH]1[Zr]([Cl])([Cl])([B](NC(=O)CC)NC(=O)CC)[CH]1C(CCCC)=Cc2c(-c3ccccc3C(F)(F)F)cccc21. The summed E-state index contributed by atoms with van der Waals surface area (Å²) in [5, 5.41) is 6.08. The molecule has 4 nitrogen and oxygen atoms in total. The van der Waals surface area contributed by atoms with Crippen molar-refractivity contribution in [3.05, 3.63) is 129 Å². The number of benzene rings is 4. The van der Waals surface area contributed by atoms with Gasteiger partial charge < -0.3 is 0 Å². The summed E-state index contributed by atoms with van der Waals surface area (Å²) in [5.74, 6) is -0.873. The van der Waals surface area contributed by atoms with E-state index >= 15 is 0 Å². The number of carbonyl (C=O) groups is 2. The number of alkyl halides is 6. The van der Waals surface area contributed by atoms with E-state index in [-0.39, 0.29) is 24.0 Å². The molecular weight excluding hydrogens is 899 g/mol. The topological polar surface area (TPSA) is 58.2 Å². The molecule has 60 heavy (non-hydrogen) atoms. The van der Waals surface area contributed by atoms with Crippen molar-refractivity contribution in [1.29, 1.82) is 0 Å². The molecule has 2 N–H and O–H groups in total. The van der Waals surface area contributed by atoms with E-state index in [1.54, 1.807) is 50.2 Å². The Bertz CT molecular complexity index is 2190. The molecule has 2 amide bonds. The number of allylic oxidation sites excluding steroid dienone is 2. The maximum absolute atomic E-state index is 14.6. The summed E-state index contributed by atoms with van der Waals surface area (Å²) in [6, 6.07) is 21.0. The first-order valence-electron chi connectivity index (χ1n) is 20.6. The summed E-state index contributed by atoms with van der Waals surface area (Å²) in [5.41, 5.74) is 2.71. The first-order valence-corrected chi connectivity index (χ1v) is 31.1. The van der Waals surface area contributed by atoms with Gasteiger partial charge in [-0.25, -0.2) is 0 Å². The van der Waals surface area contributed by atoms with E-state index in [4.69, 9.17) is 17.0 Å². The molecule has 14 heteroatoms. The first-order chi connectivity index (χ1) is 28.4. The van der Waals surface area contributed by atoms with Crippen molar-refractivity contribution < 1.29 is 52.1 Å². The van der Waals surface area contributed by atoms with Crippen LogP contribution < -0.4 is 10.5 Å². The van der Waals surface area contributed by atoms with Gasteiger partial charge in [0.15, 0.2) is 0 Å². The van der Waals surface area contributed by atoms with Crippen molar-refractivity contribution in [3.63, 3.8) is 0 Å². The van der Waals surface area contributed by atoms with Crippen LogP contribution in [0.4, 0.5) is 26.3 Å². The Balaban J connectivity index is 1.73. The van der Waals surface area contributed by atoms with E-state index in [0.29, 0.717) is 59.1 Å². The van der Waals surface area contributed by atoms with Crippen LogP contribution in [0.5, 0.6) is 0 Å². The molecule has 0 spiro atoms. The van der Waals surface area contributed by atoms with E-state index in [2.05, 4.69) is 10.5 Å². The minimum atomic E-state index is -6.52. The molecule has 2 unspecified atom stereocenters. The number of amides is 2. The Morgan fingerprint density at radius 1 is 0.583 bits per heavy atom. The predicted molar refractivity (Wildman–Crippen MR) is 229 cm³/mol. The van der Waals surface area contributed by atoms with Gasteiger partial charge in [0.25, 0.3) is 0 Å². The van der Waals surface area contributed by atoms with Gasteiger partial charge in [0.2, 0.25) is 0 Å². The zero-order valence-electron chi connectivity index (χ0n) is 34.0. The molecule has 2 atom stereocenters. The first kappa shape index (κ1) is 45.9. The number of halogens is 8. The van der Waals surface area contributed by atoms with Gasteiger partial charge in [0.05, 0.1) is 0 Å². The zero-order chi connectivity index (χ0) is 43.6. The molecule has 2 aliphatic carbocycles. The van der Waals surface area contributed by atoms with Gasteiger partial charge in [0, 0.05) is 0 Å². The molecule has 6 rings (SSSR count). The summed E-state index contributed by atoms with van der Waals surface area (Å²) in [6.07, 6.45) is -1.71. The predicted octanol–water partition coefficient (Wildman–Crippen LogP) is 14.0. The van der Waals surface area contributed by atoms with Crippen molar-refractivity contribution in [3.8, 4) is 22.3 Å². The third-order valence-corrected chi connectivity index (χ3v) is 31.8. The van der Waals surface area contributed by atoms with Gasteiger partial charge in [-0.05, 0) is 0 Å². The second kappa shape index (κ2) is 18.0. The summed E-state index contributed by atoms with van der Waals surface area (Å²) in [7, 11) is 17.4. The van der Waals surface area contributed by atoms with Crippen LogP contribution >= 0.6 is 17.0 Å². The van der Waals surface area contributed by atoms with E-state index in [1.807, 2.05) is 38.1 Å². The maximum atomic E-state index is 14.6. The van der Waals surface area contributed by atoms with Crippen LogP contribution in [0.2, 0.25) is 0 Å². The van der Waals surface area contributed by atoms with Gasteiger partial charge >= 0.3 is 358 Å². The fourth-order valence-electron chi connectivity index (χ4n) is 9.16. The van der Waals surface area contributed by atoms with Crippen LogP contribution in [0.25, 0.3) is 34.4 Å². The van der Waals surface area contributed by atoms with E-state index in [0.717, 1.165) is 36.1 Å². The Morgan fingerprint density at radius 3 is 1.30 bits per heavy atom. The van der Waals surface area contributed by atoms with Crippen LogP contribution in [-0.2, 0) is 38.1 Å². The van der Waals surface area contributed by atoms with Crippen LogP contribution in [0.15, 0.2) is 96.1 Å². The van der Waals surface area contributed by atoms with Crippen LogP contribution in [0.3, 0.4) is 0 Å². The van der Waals surface area contributed by atoms with Crippen LogP contribution in [-0.4, -0.2) is 16.3 Å². The van der Waals surface area contributed by atoms with Gasteiger partial charge in [-0.1, -0.05) is 0 Å². The Labute approximate surface area is 356 Å². The fourth-order valence-corrected chi connectivity index (χ4v) is 29.9. The number of hydrogen-bond donors (Lipinski definition) is 2. The van der Waals surface area contributed by atoms with Gasteiger partial charge in [-0.15, -0.1) is 0 Å². The van der Waals surface area contributed by atoms with Gasteiger partial charge in [0.1, 0.15) is 0 Å². The summed E-state index contributed by atoms with van der Waals surface area (Å²) >= 11 is -6.52. The molecule has 2 aliphatic rings. The van der Waals surface area contributed by atoms with E-state index in [1.165, 1.54) is 24.3 Å². The summed E-state index contributed by atoms with van der Waals surface area (Å²) in [4.78, 5) is 27.3. The van der Waals surface area contributed by atoms with Crippen molar-refractivity contribution in [2.45, 2.75) is 98.7 Å². The molecule has 0 bridgehead atoms. The molecule has 4 aromatic carbocycles. The van der Waals surface area contributed by atoms with Crippen molar-refractivity contribution in [1.82, 2.24) is 10.5 Å². The summed E-state index contributed by atoms with van der Waals surface area (Å²) in [6.45, 7) is 7.34. The van der Waals surface area contributed by atoms with Crippen molar-refractivity contribution in [2.75, 3.05) is 0 Å². The normalized spacial score (nSPS) is 16.9. The molecule has 0 saturated heterocycles. The monoisotopic (exact) mass is 945 g/mol. The van der Waals surface area contributed by atoms with Crippen molar-refractivity contribution in [2.24, 2.45) is 0 Å². The number of unbranched alkanes of at least 4 members (excludes halogenated alkanes) is 2. The molecule has 0 heterocycles. The standard InChI is InChI=1S/2C20H18F3.C6H11BN2O2.2ClH.Zr/c2*1-2-3-7-14-12-15-8-6-10-16(18(15)13-14)17-9-4-5-11-19(17)20(21,22)23;1-3-5(10)8-7-9-6(11)4-2;;;/h2*4-6,8-13H,2-3,7H2,1H3;3-4H2,1-2H3,(H-,8,9,10,11);2*1H;/q;;;;;+1/p-1. The average molecular weight is 948 g/mol. The quantitative estimate of drug-likeness (QED) is 0.0921. The zero-order valence-corrected chi connectivity index (χ0v) is 37.9. The molecule has 317 valence electrons. The van der Waals surface area contributed by atoms with Gasteiger partial charge in [-0.3, -0.25) is 0 Å². The summed E-state index contributed by atoms with van der Waals surface area (Å²) < 4.78 is 84.6. The molecule has 4 aromatic rings. The molecule has 0 saturated carbocycles. The third-order valence-electron chi connectivity index (χ3n) is 11.9. The molecule has 0 radical (unpaired) electrons. The third kappa shape index (κ3) is 8.59. The second-order valence-corrected chi connectivity index (χ2v) is 37.1. The van der Waals surface area contributed by atoms with E-state index in [9.17, 15) is 35.9 Å². The number of hydrogen-bond acceptors (Lipinski definition) is 2. The number of rotatable bonds is 15. The van der Waals surface area contributed by atoms with Gasteiger partial charge in [-0.2, -0.15) is 0 Å². The molecule has 0 aliphatic heterocycles. The number of fused-ring (bicyclic) bond motifs is 2. The molecule has 0 fully saturated rings.